The first-order chi connectivity index (χ1) is 11.3. The van der Waals surface area contributed by atoms with Gasteiger partial charge in [0, 0.05) is 12.1 Å². The summed E-state index contributed by atoms with van der Waals surface area (Å²) in [7, 11) is 0. The first-order valence-corrected chi connectivity index (χ1v) is 8.08. The minimum absolute atomic E-state index is 0.0487. The van der Waals surface area contributed by atoms with Gasteiger partial charge in [-0.05, 0) is 31.0 Å². The third-order valence-corrected chi connectivity index (χ3v) is 4.04. The van der Waals surface area contributed by atoms with Crippen molar-refractivity contribution in [2.24, 2.45) is 0 Å². The molecule has 23 heavy (non-hydrogen) atoms. The second kappa shape index (κ2) is 7.79. The van der Waals surface area contributed by atoms with Gasteiger partial charge in [-0.3, -0.25) is 4.79 Å². The molecule has 2 aromatic carbocycles. The fourth-order valence-corrected chi connectivity index (χ4v) is 2.74. The number of benzene rings is 2. The number of amides is 1. The summed E-state index contributed by atoms with van der Waals surface area (Å²) >= 11 is 0. The minimum atomic E-state index is -0.0487. The van der Waals surface area contributed by atoms with E-state index in [0.29, 0.717) is 13.2 Å². The van der Waals surface area contributed by atoms with E-state index in [1.807, 2.05) is 54.6 Å². The highest BCUT2D eigenvalue weighted by Gasteiger charge is 2.21. The van der Waals surface area contributed by atoms with Crippen LogP contribution < -0.4 is 15.4 Å². The molecule has 1 aliphatic rings. The van der Waals surface area contributed by atoms with E-state index in [9.17, 15) is 4.79 Å². The first-order valence-electron chi connectivity index (χ1n) is 8.08. The Bertz CT molecular complexity index is 637. The minimum Gasteiger partial charge on any atom is -0.489 e. The number of ether oxygens (including phenoxy) is 1. The molecule has 4 heteroatoms. The van der Waals surface area contributed by atoms with Gasteiger partial charge in [0.1, 0.15) is 12.4 Å². The zero-order valence-corrected chi connectivity index (χ0v) is 13.1. The highest BCUT2D eigenvalue weighted by Crippen LogP contribution is 2.19. The molecule has 0 aliphatic carbocycles. The van der Waals surface area contributed by atoms with Crippen LogP contribution in [0.2, 0.25) is 0 Å². The summed E-state index contributed by atoms with van der Waals surface area (Å²) < 4.78 is 5.91. The maximum atomic E-state index is 12.1. The zero-order valence-electron chi connectivity index (χ0n) is 13.1. The van der Waals surface area contributed by atoms with Crippen molar-refractivity contribution in [2.75, 3.05) is 6.54 Å². The molecule has 2 aromatic rings. The molecule has 1 aliphatic heterocycles. The molecule has 1 atom stereocenters. The molecule has 3 rings (SSSR count). The van der Waals surface area contributed by atoms with E-state index in [-0.39, 0.29) is 11.9 Å². The van der Waals surface area contributed by atoms with Crippen LogP contribution in [0.1, 0.15) is 24.0 Å². The molecule has 1 saturated heterocycles. The fourth-order valence-electron chi connectivity index (χ4n) is 2.74. The third kappa shape index (κ3) is 4.33. The van der Waals surface area contributed by atoms with Gasteiger partial charge in [0.25, 0.3) is 0 Å². The van der Waals surface area contributed by atoms with Gasteiger partial charge >= 0.3 is 0 Å². The van der Waals surface area contributed by atoms with Crippen LogP contribution in [0, 0.1) is 0 Å². The molecule has 1 heterocycles. The van der Waals surface area contributed by atoms with Crippen molar-refractivity contribution in [1.82, 2.24) is 10.6 Å². The molecular weight excluding hydrogens is 288 g/mol. The van der Waals surface area contributed by atoms with Gasteiger partial charge in [-0.2, -0.15) is 0 Å². The lowest BCUT2D eigenvalue weighted by Gasteiger charge is -2.14. The Labute approximate surface area is 136 Å². The molecule has 120 valence electrons. The van der Waals surface area contributed by atoms with Gasteiger partial charge in [0.15, 0.2) is 0 Å². The number of carbonyl (C=O) groups is 1. The van der Waals surface area contributed by atoms with Crippen LogP contribution in [0.25, 0.3) is 0 Å². The summed E-state index contributed by atoms with van der Waals surface area (Å²) in [6.07, 6.45) is 1.98. The van der Waals surface area contributed by atoms with Crippen molar-refractivity contribution < 1.29 is 9.53 Å². The zero-order chi connectivity index (χ0) is 15.9. The van der Waals surface area contributed by atoms with E-state index in [2.05, 4.69) is 10.6 Å². The quantitative estimate of drug-likeness (QED) is 0.862. The number of carbonyl (C=O) groups excluding carboxylic acids is 1. The lowest BCUT2D eigenvalue weighted by molar-refractivity contribution is -0.122. The Balaban J connectivity index is 1.58. The van der Waals surface area contributed by atoms with Crippen LogP contribution >= 0.6 is 0 Å². The highest BCUT2D eigenvalue weighted by molar-refractivity contribution is 5.82. The summed E-state index contributed by atoms with van der Waals surface area (Å²) in [5.41, 5.74) is 2.12. The van der Waals surface area contributed by atoms with Gasteiger partial charge in [-0.25, -0.2) is 0 Å². The van der Waals surface area contributed by atoms with Crippen molar-refractivity contribution in [3.63, 3.8) is 0 Å². The van der Waals surface area contributed by atoms with E-state index >= 15 is 0 Å². The van der Waals surface area contributed by atoms with Gasteiger partial charge < -0.3 is 15.4 Å². The SMILES string of the molecule is O=C(NCc1ccccc1OCc1ccccc1)C1CCCN1. The normalized spacial score (nSPS) is 17.0. The van der Waals surface area contributed by atoms with Crippen molar-refractivity contribution in [1.29, 1.82) is 0 Å². The molecule has 1 unspecified atom stereocenters. The second-order valence-corrected chi connectivity index (χ2v) is 5.75. The van der Waals surface area contributed by atoms with Crippen molar-refractivity contribution in [3.05, 3.63) is 65.7 Å². The fraction of sp³-hybridized carbons (Fsp3) is 0.316. The predicted molar refractivity (Wildman–Crippen MR) is 90.1 cm³/mol. The molecule has 0 spiro atoms. The van der Waals surface area contributed by atoms with Gasteiger partial charge in [-0.15, -0.1) is 0 Å². The standard InChI is InChI=1S/C19H22N2O2/c22-19(17-10-6-12-20-17)21-13-16-9-4-5-11-18(16)23-14-15-7-2-1-3-8-15/h1-5,7-9,11,17,20H,6,10,12-14H2,(H,21,22). The maximum absolute atomic E-state index is 12.1. The number of para-hydroxylation sites is 1. The first kappa shape index (κ1) is 15.6. The van der Waals surface area contributed by atoms with Crippen molar-refractivity contribution >= 4 is 5.91 Å². The summed E-state index contributed by atoms with van der Waals surface area (Å²) in [4.78, 5) is 12.1. The van der Waals surface area contributed by atoms with Crippen LogP contribution in [-0.4, -0.2) is 18.5 Å². The van der Waals surface area contributed by atoms with Crippen LogP contribution in [0.4, 0.5) is 0 Å². The largest absolute Gasteiger partial charge is 0.489 e. The summed E-state index contributed by atoms with van der Waals surface area (Å²) in [5, 5.41) is 6.21. The summed E-state index contributed by atoms with van der Waals surface area (Å²) in [5.74, 6) is 0.886. The van der Waals surface area contributed by atoms with Crippen LogP contribution in [0.5, 0.6) is 5.75 Å². The summed E-state index contributed by atoms with van der Waals surface area (Å²) in [6.45, 7) is 1.94. The van der Waals surface area contributed by atoms with Crippen molar-refractivity contribution in [3.8, 4) is 5.75 Å². The van der Waals surface area contributed by atoms with E-state index in [0.717, 1.165) is 36.3 Å². The van der Waals surface area contributed by atoms with Crippen LogP contribution in [0.3, 0.4) is 0 Å². The molecule has 0 bridgehead atoms. The monoisotopic (exact) mass is 310 g/mol. The Morgan fingerprint density at radius 2 is 1.91 bits per heavy atom. The number of hydrogen-bond acceptors (Lipinski definition) is 3. The third-order valence-electron chi connectivity index (χ3n) is 4.04. The average Bonchev–Trinajstić information content (AvgIpc) is 3.14. The van der Waals surface area contributed by atoms with E-state index in [1.54, 1.807) is 0 Å². The Morgan fingerprint density at radius 3 is 2.70 bits per heavy atom. The molecule has 1 fully saturated rings. The maximum Gasteiger partial charge on any atom is 0.237 e. The Kier molecular flexibility index (Phi) is 5.27. The predicted octanol–water partition coefficient (Wildman–Crippen LogP) is 2.63. The molecule has 0 aromatic heterocycles. The summed E-state index contributed by atoms with van der Waals surface area (Å²) in [6, 6.07) is 17.9. The smallest absolute Gasteiger partial charge is 0.237 e. The van der Waals surface area contributed by atoms with E-state index < -0.39 is 0 Å². The van der Waals surface area contributed by atoms with Gasteiger partial charge in [-0.1, -0.05) is 48.5 Å². The Morgan fingerprint density at radius 1 is 1.13 bits per heavy atom. The molecule has 2 N–H and O–H groups in total. The Hall–Kier alpha value is -2.33. The molecule has 0 radical (unpaired) electrons. The number of nitrogens with one attached hydrogen (secondary N) is 2. The molecular formula is C19H22N2O2. The molecule has 1 amide bonds. The lowest BCUT2D eigenvalue weighted by atomic mass is 10.1. The number of hydrogen-bond donors (Lipinski definition) is 2. The number of rotatable bonds is 6. The van der Waals surface area contributed by atoms with E-state index in [1.165, 1.54) is 0 Å². The van der Waals surface area contributed by atoms with Crippen LogP contribution in [0.15, 0.2) is 54.6 Å². The van der Waals surface area contributed by atoms with Gasteiger partial charge in [0.05, 0.1) is 6.04 Å². The lowest BCUT2D eigenvalue weighted by Crippen LogP contribution is -2.40. The van der Waals surface area contributed by atoms with Crippen LogP contribution in [-0.2, 0) is 17.9 Å². The highest BCUT2D eigenvalue weighted by atomic mass is 16.5. The van der Waals surface area contributed by atoms with Crippen molar-refractivity contribution in [2.45, 2.75) is 32.0 Å². The molecule has 4 nitrogen and oxygen atoms in total. The topological polar surface area (TPSA) is 50.4 Å². The average molecular weight is 310 g/mol. The van der Waals surface area contributed by atoms with E-state index in [4.69, 9.17) is 4.74 Å². The second-order valence-electron chi connectivity index (χ2n) is 5.75. The molecule has 0 saturated carbocycles. The van der Waals surface area contributed by atoms with Gasteiger partial charge in [0.2, 0.25) is 5.91 Å².